The molecule has 4 nitrogen and oxygen atoms in total. The lowest BCUT2D eigenvalue weighted by Gasteiger charge is -2.20. The first-order valence-electron chi connectivity index (χ1n) is 6.70. The lowest BCUT2D eigenvalue weighted by molar-refractivity contribution is -0.119. The third kappa shape index (κ3) is 4.13. The summed E-state index contributed by atoms with van der Waals surface area (Å²) < 4.78 is 50.8. The minimum atomic E-state index is -3.47. The van der Waals surface area contributed by atoms with Crippen LogP contribution in [0, 0.1) is 11.6 Å². The van der Waals surface area contributed by atoms with Crippen molar-refractivity contribution in [1.82, 2.24) is 5.32 Å². The highest BCUT2D eigenvalue weighted by Crippen LogP contribution is 2.27. The van der Waals surface area contributed by atoms with E-state index in [0.717, 1.165) is 24.5 Å². The highest BCUT2D eigenvalue weighted by atomic mass is 32.2. The summed E-state index contributed by atoms with van der Waals surface area (Å²) in [5.74, 6) is -1.81. The normalized spacial score (nSPS) is 12.7. The lowest BCUT2D eigenvalue weighted by Crippen LogP contribution is -2.28. The van der Waals surface area contributed by atoms with Crippen LogP contribution in [0.15, 0.2) is 47.4 Å². The minimum Gasteiger partial charge on any atom is -0.345 e. The van der Waals surface area contributed by atoms with Crippen molar-refractivity contribution in [3.05, 3.63) is 65.2 Å². The van der Waals surface area contributed by atoms with Crippen molar-refractivity contribution < 1.29 is 22.0 Å². The van der Waals surface area contributed by atoms with Crippen LogP contribution in [0.1, 0.15) is 24.1 Å². The lowest BCUT2D eigenvalue weighted by atomic mass is 9.98. The first-order valence-corrected chi connectivity index (χ1v) is 8.59. The van der Waals surface area contributed by atoms with Gasteiger partial charge in [0.15, 0.2) is 9.84 Å². The monoisotopic (exact) mass is 339 g/mol. The number of sulfone groups is 1. The molecule has 1 amide bonds. The molecule has 0 saturated heterocycles. The molecule has 1 N–H and O–H groups in total. The topological polar surface area (TPSA) is 63.2 Å². The molecule has 0 aliphatic rings. The maximum Gasteiger partial charge on any atom is 0.217 e. The molecule has 0 saturated carbocycles. The molecule has 7 heteroatoms. The van der Waals surface area contributed by atoms with E-state index in [-0.39, 0.29) is 10.5 Å². The molecule has 2 rings (SSSR count). The van der Waals surface area contributed by atoms with E-state index in [0.29, 0.717) is 5.56 Å². The Morgan fingerprint density at radius 2 is 1.83 bits per heavy atom. The first-order chi connectivity index (χ1) is 10.7. The molecule has 0 aliphatic carbocycles. The molecule has 122 valence electrons. The van der Waals surface area contributed by atoms with Gasteiger partial charge in [0.05, 0.1) is 10.9 Å². The number of halogens is 2. The summed E-state index contributed by atoms with van der Waals surface area (Å²) in [4.78, 5) is 11.5. The van der Waals surface area contributed by atoms with Crippen LogP contribution in [-0.2, 0) is 14.6 Å². The number of nitrogens with one attached hydrogen (secondary N) is 1. The van der Waals surface area contributed by atoms with Gasteiger partial charge in [-0.3, -0.25) is 4.79 Å². The molecule has 2 aromatic carbocycles. The molecule has 2 aromatic rings. The summed E-state index contributed by atoms with van der Waals surface area (Å²) in [6.07, 6.45) is 1.04. The van der Waals surface area contributed by atoms with E-state index in [4.69, 9.17) is 0 Å². The molecule has 0 heterocycles. The highest BCUT2D eigenvalue weighted by Gasteiger charge is 2.21. The van der Waals surface area contributed by atoms with Crippen molar-refractivity contribution in [1.29, 1.82) is 0 Å². The van der Waals surface area contributed by atoms with E-state index in [1.807, 2.05) is 0 Å². The van der Waals surface area contributed by atoms with Crippen molar-refractivity contribution in [2.45, 2.75) is 17.9 Å². The van der Waals surface area contributed by atoms with Crippen molar-refractivity contribution in [3.8, 4) is 0 Å². The van der Waals surface area contributed by atoms with Crippen LogP contribution in [0.2, 0.25) is 0 Å². The Balaban J connectivity index is 2.60. The summed E-state index contributed by atoms with van der Waals surface area (Å²) >= 11 is 0. The Hall–Kier alpha value is -2.28. The fourth-order valence-electron chi connectivity index (χ4n) is 2.20. The zero-order valence-corrected chi connectivity index (χ0v) is 13.3. The minimum absolute atomic E-state index is 0.0298. The molecule has 0 bridgehead atoms. The van der Waals surface area contributed by atoms with E-state index in [2.05, 4.69) is 5.32 Å². The van der Waals surface area contributed by atoms with Gasteiger partial charge in [0.25, 0.3) is 0 Å². The zero-order valence-electron chi connectivity index (χ0n) is 12.5. The predicted molar refractivity (Wildman–Crippen MR) is 81.6 cm³/mol. The molecule has 0 spiro atoms. The van der Waals surface area contributed by atoms with Crippen molar-refractivity contribution in [2.24, 2.45) is 0 Å². The number of hydrogen-bond donors (Lipinski definition) is 1. The maximum absolute atomic E-state index is 14.1. The Bertz CT molecular complexity index is 850. The second-order valence-corrected chi connectivity index (χ2v) is 7.16. The van der Waals surface area contributed by atoms with E-state index in [9.17, 15) is 22.0 Å². The molecular weight excluding hydrogens is 324 g/mol. The average molecular weight is 339 g/mol. The number of benzene rings is 2. The number of hydrogen-bond acceptors (Lipinski definition) is 3. The standard InChI is InChI=1S/C16H15F2NO3S/c1-10(20)19-16(14-9-12(17)6-7-15(14)18)11-4-3-5-13(8-11)23(2,21)22/h3-9,16H,1-2H3,(H,19,20)/t16-/m0/s1. The third-order valence-corrected chi connectivity index (χ3v) is 4.35. The Morgan fingerprint density at radius 3 is 2.43 bits per heavy atom. The van der Waals surface area contributed by atoms with Gasteiger partial charge in [0.1, 0.15) is 11.6 Å². The zero-order chi connectivity index (χ0) is 17.2. The Morgan fingerprint density at radius 1 is 1.13 bits per heavy atom. The molecule has 1 atom stereocenters. The Kier molecular flexibility index (Phi) is 4.79. The van der Waals surface area contributed by atoms with Crippen LogP contribution in [0.5, 0.6) is 0 Å². The fourth-order valence-corrected chi connectivity index (χ4v) is 2.88. The first kappa shape index (κ1) is 17.1. The van der Waals surface area contributed by atoms with Crippen molar-refractivity contribution in [3.63, 3.8) is 0 Å². The molecule has 0 unspecified atom stereocenters. The highest BCUT2D eigenvalue weighted by molar-refractivity contribution is 7.90. The second kappa shape index (κ2) is 6.45. The summed E-state index contributed by atoms with van der Waals surface area (Å²) in [5.41, 5.74) is 0.262. The van der Waals surface area contributed by atoms with E-state index in [1.54, 1.807) is 6.07 Å². The van der Waals surface area contributed by atoms with Crippen LogP contribution in [0.3, 0.4) is 0 Å². The van der Waals surface area contributed by atoms with E-state index < -0.39 is 33.4 Å². The number of carbonyl (C=O) groups excluding carboxylic acids is 1. The molecule has 0 fully saturated rings. The van der Waals surface area contributed by atoms with Gasteiger partial charge >= 0.3 is 0 Å². The van der Waals surface area contributed by atoms with Gasteiger partial charge in [-0.1, -0.05) is 12.1 Å². The average Bonchev–Trinajstić information content (AvgIpc) is 2.46. The predicted octanol–water partition coefficient (Wildman–Crippen LogP) is 2.59. The van der Waals surface area contributed by atoms with E-state index in [1.165, 1.54) is 25.1 Å². The fraction of sp³-hybridized carbons (Fsp3) is 0.188. The molecular formula is C16H15F2NO3S. The molecule has 23 heavy (non-hydrogen) atoms. The van der Waals surface area contributed by atoms with Gasteiger partial charge in [-0.2, -0.15) is 0 Å². The van der Waals surface area contributed by atoms with Gasteiger partial charge in [-0.15, -0.1) is 0 Å². The van der Waals surface area contributed by atoms with Crippen LogP contribution in [-0.4, -0.2) is 20.6 Å². The smallest absolute Gasteiger partial charge is 0.217 e. The summed E-state index contributed by atoms with van der Waals surface area (Å²) in [7, 11) is -3.47. The van der Waals surface area contributed by atoms with E-state index >= 15 is 0 Å². The maximum atomic E-state index is 14.1. The van der Waals surface area contributed by atoms with Crippen LogP contribution < -0.4 is 5.32 Å². The van der Waals surface area contributed by atoms with Crippen LogP contribution >= 0.6 is 0 Å². The molecule has 0 radical (unpaired) electrons. The van der Waals surface area contributed by atoms with Gasteiger partial charge < -0.3 is 5.32 Å². The quantitative estimate of drug-likeness (QED) is 0.931. The molecule has 0 aliphatic heterocycles. The van der Waals surface area contributed by atoms with Crippen LogP contribution in [0.4, 0.5) is 8.78 Å². The van der Waals surface area contributed by atoms with Gasteiger partial charge in [-0.05, 0) is 35.9 Å². The van der Waals surface area contributed by atoms with Gasteiger partial charge in [-0.25, -0.2) is 17.2 Å². The van der Waals surface area contributed by atoms with Crippen molar-refractivity contribution in [2.75, 3.05) is 6.26 Å². The summed E-state index contributed by atoms with van der Waals surface area (Å²) in [6.45, 7) is 1.24. The van der Waals surface area contributed by atoms with Crippen LogP contribution in [0.25, 0.3) is 0 Å². The van der Waals surface area contributed by atoms with Gasteiger partial charge in [0, 0.05) is 18.7 Å². The third-order valence-electron chi connectivity index (χ3n) is 3.24. The number of amides is 1. The second-order valence-electron chi connectivity index (χ2n) is 5.14. The SMILES string of the molecule is CC(=O)N[C@@H](c1cccc(S(C)(=O)=O)c1)c1cc(F)ccc1F. The largest absolute Gasteiger partial charge is 0.345 e. The summed E-state index contributed by atoms with van der Waals surface area (Å²) in [5, 5.41) is 2.52. The summed E-state index contributed by atoms with van der Waals surface area (Å²) in [6, 6.07) is 7.66. The van der Waals surface area contributed by atoms with Gasteiger partial charge in [0.2, 0.25) is 5.91 Å². The van der Waals surface area contributed by atoms with Crippen molar-refractivity contribution >= 4 is 15.7 Å². The number of rotatable bonds is 4. The molecule has 0 aromatic heterocycles. The Labute approximate surface area is 133 Å². The number of carbonyl (C=O) groups is 1.